The molecule has 0 bridgehead atoms. The number of rotatable bonds is 9. The van der Waals surface area contributed by atoms with Gasteiger partial charge in [0, 0.05) is 0 Å². The van der Waals surface area contributed by atoms with Gasteiger partial charge < -0.3 is 15.2 Å². The van der Waals surface area contributed by atoms with Gasteiger partial charge in [-0.1, -0.05) is 0 Å². The summed E-state index contributed by atoms with van der Waals surface area (Å²) in [6.45, 7) is 1.92. The van der Waals surface area contributed by atoms with E-state index in [0.29, 0.717) is 12.2 Å². The Labute approximate surface area is 115 Å². The van der Waals surface area contributed by atoms with E-state index < -0.39 is 18.0 Å². The Bertz CT molecular complexity index is 298. The standard InChI is InChI=1S/C10H17NO5S2/c1-2-16-10(15)7(3-4-17)11-8(12)5-18-6-9(13)14/h7,17H,2-6H2,1H3,(H,11,12)(H,13,14)/t7-/m0/s1. The van der Waals surface area contributed by atoms with Crippen molar-refractivity contribution in [3.63, 3.8) is 0 Å². The van der Waals surface area contributed by atoms with E-state index >= 15 is 0 Å². The number of carbonyl (C=O) groups is 3. The number of ether oxygens (including phenoxy) is 1. The van der Waals surface area contributed by atoms with Gasteiger partial charge in [0.2, 0.25) is 5.91 Å². The number of amides is 1. The first kappa shape index (κ1) is 17.1. The molecule has 0 aliphatic rings. The fourth-order valence-electron chi connectivity index (χ4n) is 1.09. The smallest absolute Gasteiger partial charge is 0.328 e. The van der Waals surface area contributed by atoms with Crippen molar-refractivity contribution in [2.45, 2.75) is 19.4 Å². The number of aliphatic carboxylic acids is 1. The zero-order chi connectivity index (χ0) is 14.0. The first-order valence-electron chi connectivity index (χ1n) is 5.37. The second-order valence-electron chi connectivity index (χ2n) is 3.27. The Morgan fingerprint density at radius 1 is 1.39 bits per heavy atom. The molecule has 0 fully saturated rings. The van der Waals surface area contributed by atoms with Crippen molar-refractivity contribution in [3.05, 3.63) is 0 Å². The lowest BCUT2D eigenvalue weighted by Gasteiger charge is -2.16. The molecule has 1 atom stereocenters. The van der Waals surface area contributed by atoms with Crippen LogP contribution in [0, 0.1) is 0 Å². The number of hydrogen-bond donors (Lipinski definition) is 3. The average Bonchev–Trinajstić information content (AvgIpc) is 2.28. The Hall–Kier alpha value is -0.890. The minimum Gasteiger partial charge on any atom is -0.481 e. The van der Waals surface area contributed by atoms with Gasteiger partial charge in [0.15, 0.2) is 0 Å². The molecule has 0 aromatic heterocycles. The topological polar surface area (TPSA) is 92.7 Å². The lowest BCUT2D eigenvalue weighted by atomic mass is 10.2. The molecule has 0 aliphatic heterocycles. The SMILES string of the molecule is CCOC(=O)[C@H](CCS)NC(=O)CSCC(=O)O. The summed E-state index contributed by atoms with van der Waals surface area (Å²) in [4.78, 5) is 33.2. The van der Waals surface area contributed by atoms with Gasteiger partial charge in [-0.2, -0.15) is 12.6 Å². The monoisotopic (exact) mass is 295 g/mol. The average molecular weight is 295 g/mol. The number of nitrogens with one attached hydrogen (secondary N) is 1. The predicted octanol–water partition coefficient (Wildman–Crippen LogP) is 0.172. The normalized spacial score (nSPS) is 11.7. The van der Waals surface area contributed by atoms with Crippen LogP contribution in [0.3, 0.4) is 0 Å². The van der Waals surface area contributed by atoms with Crippen molar-refractivity contribution in [2.75, 3.05) is 23.9 Å². The number of carboxylic acids is 1. The molecule has 18 heavy (non-hydrogen) atoms. The molecule has 2 N–H and O–H groups in total. The number of carboxylic acid groups (broad SMARTS) is 1. The van der Waals surface area contributed by atoms with Crippen molar-refractivity contribution in [1.82, 2.24) is 5.32 Å². The van der Waals surface area contributed by atoms with E-state index in [1.54, 1.807) is 6.92 Å². The Balaban J connectivity index is 4.10. The van der Waals surface area contributed by atoms with Gasteiger partial charge in [-0.15, -0.1) is 11.8 Å². The Morgan fingerprint density at radius 3 is 2.56 bits per heavy atom. The first-order valence-corrected chi connectivity index (χ1v) is 7.16. The molecule has 6 nitrogen and oxygen atoms in total. The van der Waals surface area contributed by atoms with Gasteiger partial charge in [-0.3, -0.25) is 9.59 Å². The third-order valence-corrected chi connectivity index (χ3v) is 2.96. The molecule has 104 valence electrons. The maximum absolute atomic E-state index is 11.5. The molecule has 0 aromatic rings. The lowest BCUT2D eigenvalue weighted by Crippen LogP contribution is -2.43. The lowest BCUT2D eigenvalue weighted by molar-refractivity contribution is -0.147. The molecule has 1 amide bonds. The van der Waals surface area contributed by atoms with Gasteiger partial charge in [0.05, 0.1) is 18.1 Å². The highest BCUT2D eigenvalue weighted by molar-refractivity contribution is 8.00. The number of thiol groups is 1. The van der Waals surface area contributed by atoms with Crippen LogP contribution in [0.5, 0.6) is 0 Å². The minimum atomic E-state index is -0.981. The largest absolute Gasteiger partial charge is 0.481 e. The molecule has 0 heterocycles. The van der Waals surface area contributed by atoms with Crippen LogP contribution >= 0.6 is 24.4 Å². The minimum absolute atomic E-state index is 0.00518. The van der Waals surface area contributed by atoms with Crippen molar-refractivity contribution >= 4 is 42.2 Å². The predicted molar refractivity (Wildman–Crippen MR) is 72.0 cm³/mol. The maximum Gasteiger partial charge on any atom is 0.328 e. The van der Waals surface area contributed by atoms with Crippen molar-refractivity contribution < 1.29 is 24.2 Å². The fraction of sp³-hybridized carbons (Fsp3) is 0.700. The van der Waals surface area contributed by atoms with Gasteiger partial charge in [0.25, 0.3) is 0 Å². The van der Waals surface area contributed by atoms with Crippen LogP contribution in [0.25, 0.3) is 0 Å². The molecule has 8 heteroatoms. The summed E-state index contributed by atoms with van der Waals surface area (Å²) in [5.41, 5.74) is 0. The fourth-order valence-corrected chi connectivity index (χ4v) is 1.89. The van der Waals surface area contributed by atoms with E-state index in [2.05, 4.69) is 17.9 Å². The zero-order valence-electron chi connectivity index (χ0n) is 10.0. The van der Waals surface area contributed by atoms with E-state index in [1.165, 1.54) is 0 Å². The summed E-state index contributed by atoms with van der Waals surface area (Å²) in [6, 6.07) is -0.722. The summed E-state index contributed by atoms with van der Waals surface area (Å²) in [6.07, 6.45) is 0.372. The van der Waals surface area contributed by atoms with Gasteiger partial charge in [-0.25, -0.2) is 4.79 Å². The summed E-state index contributed by atoms with van der Waals surface area (Å²) in [5.74, 6) is -1.58. The maximum atomic E-state index is 11.5. The van der Waals surface area contributed by atoms with Gasteiger partial charge >= 0.3 is 11.9 Å². The zero-order valence-corrected chi connectivity index (χ0v) is 11.8. The molecule has 0 rings (SSSR count). The van der Waals surface area contributed by atoms with E-state index in [1.807, 2.05) is 0 Å². The summed E-state index contributed by atoms with van der Waals surface area (Å²) in [5, 5.41) is 10.9. The summed E-state index contributed by atoms with van der Waals surface area (Å²) >= 11 is 4.97. The number of esters is 1. The summed E-state index contributed by atoms with van der Waals surface area (Å²) in [7, 11) is 0. The molecule has 0 spiro atoms. The van der Waals surface area contributed by atoms with Crippen molar-refractivity contribution in [1.29, 1.82) is 0 Å². The molecule has 0 aliphatic carbocycles. The second-order valence-corrected chi connectivity index (χ2v) is 4.70. The van der Waals surface area contributed by atoms with Crippen LogP contribution in [0.2, 0.25) is 0 Å². The molecule has 0 saturated heterocycles. The number of hydrogen-bond acceptors (Lipinski definition) is 6. The second kappa shape index (κ2) is 10.1. The van der Waals surface area contributed by atoms with Crippen LogP contribution in [0.1, 0.15) is 13.3 Å². The van der Waals surface area contributed by atoms with Crippen LogP contribution in [0.4, 0.5) is 0 Å². The van der Waals surface area contributed by atoms with Gasteiger partial charge in [0.1, 0.15) is 6.04 Å². The highest BCUT2D eigenvalue weighted by Gasteiger charge is 2.21. The third-order valence-electron chi connectivity index (χ3n) is 1.78. The van der Waals surface area contributed by atoms with Crippen LogP contribution < -0.4 is 5.32 Å². The van der Waals surface area contributed by atoms with Crippen LogP contribution in [-0.4, -0.2) is 52.9 Å². The van der Waals surface area contributed by atoms with Crippen molar-refractivity contribution in [2.24, 2.45) is 0 Å². The van der Waals surface area contributed by atoms with E-state index in [-0.39, 0.29) is 24.0 Å². The quantitative estimate of drug-likeness (QED) is 0.415. The van der Waals surface area contributed by atoms with Crippen LogP contribution in [0.15, 0.2) is 0 Å². The Morgan fingerprint density at radius 2 is 2.06 bits per heavy atom. The summed E-state index contributed by atoms with van der Waals surface area (Å²) < 4.78 is 4.81. The van der Waals surface area contributed by atoms with Crippen molar-refractivity contribution in [3.8, 4) is 0 Å². The molecule has 0 radical (unpaired) electrons. The van der Waals surface area contributed by atoms with E-state index in [9.17, 15) is 14.4 Å². The van der Waals surface area contributed by atoms with Gasteiger partial charge in [-0.05, 0) is 19.1 Å². The van der Waals surface area contributed by atoms with E-state index in [0.717, 1.165) is 11.8 Å². The molecular formula is C10H17NO5S2. The molecular weight excluding hydrogens is 278 g/mol. The highest BCUT2D eigenvalue weighted by atomic mass is 32.2. The third kappa shape index (κ3) is 8.24. The molecule has 0 saturated carbocycles. The number of thioether (sulfide) groups is 1. The van der Waals surface area contributed by atoms with E-state index in [4.69, 9.17) is 9.84 Å². The van der Waals surface area contributed by atoms with Crippen LogP contribution in [-0.2, 0) is 19.1 Å². The molecule has 0 aromatic carbocycles. The number of carbonyl (C=O) groups excluding carboxylic acids is 2. The Kier molecular flexibility index (Phi) is 9.57. The first-order chi connectivity index (χ1) is 8.51. The highest BCUT2D eigenvalue weighted by Crippen LogP contribution is 2.02. The molecule has 0 unspecified atom stereocenters.